The van der Waals surface area contributed by atoms with Gasteiger partial charge in [0.05, 0.1) is 6.61 Å². The molecular formula is C22H26N6O2. The molecule has 0 unspecified atom stereocenters. The quantitative estimate of drug-likeness (QED) is 0.439. The van der Waals surface area contributed by atoms with Crippen molar-refractivity contribution >= 4 is 29.2 Å². The summed E-state index contributed by atoms with van der Waals surface area (Å²) in [4.78, 5) is 24.1. The molecule has 8 nitrogen and oxygen atoms in total. The Balaban J connectivity index is 1.47. The summed E-state index contributed by atoms with van der Waals surface area (Å²) in [6.07, 6.45) is 2.29. The first-order valence-electron chi connectivity index (χ1n) is 9.80. The van der Waals surface area contributed by atoms with E-state index in [-0.39, 0.29) is 5.91 Å². The summed E-state index contributed by atoms with van der Waals surface area (Å²) in [5, 5.41) is 9.17. The number of benzene rings is 2. The Labute approximate surface area is 176 Å². The number of ether oxygens (including phenoxy) is 1. The highest BCUT2D eigenvalue weighted by Crippen LogP contribution is 2.25. The lowest BCUT2D eigenvalue weighted by molar-refractivity contribution is -0.114. The monoisotopic (exact) mass is 406 g/mol. The van der Waals surface area contributed by atoms with Gasteiger partial charge in [0, 0.05) is 31.5 Å². The molecule has 0 fully saturated rings. The summed E-state index contributed by atoms with van der Waals surface area (Å²) in [5.74, 6) is 0.803. The number of aromatic nitrogens is 3. The Kier molecular flexibility index (Phi) is 7.68. The molecule has 1 amide bonds. The molecular weight excluding hydrogens is 380 g/mol. The van der Waals surface area contributed by atoms with Gasteiger partial charge in [0.1, 0.15) is 6.33 Å². The number of hydrogen-bond acceptors (Lipinski definition) is 7. The van der Waals surface area contributed by atoms with Crippen LogP contribution in [0.1, 0.15) is 24.5 Å². The average Bonchev–Trinajstić information content (AvgIpc) is 2.74. The smallest absolute Gasteiger partial charge is 0.232 e. The van der Waals surface area contributed by atoms with Crippen LogP contribution in [0.3, 0.4) is 0 Å². The normalized spacial score (nSPS) is 10.5. The van der Waals surface area contributed by atoms with Crippen molar-refractivity contribution in [3.8, 4) is 0 Å². The number of amides is 1. The largest absolute Gasteiger partial charge is 0.377 e. The number of carbonyl (C=O) groups excluding carboxylic acids is 1. The predicted octanol–water partition coefficient (Wildman–Crippen LogP) is 3.90. The fourth-order valence-electron chi connectivity index (χ4n) is 2.80. The van der Waals surface area contributed by atoms with Crippen LogP contribution in [0.25, 0.3) is 0 Å². The number of carbonyl (C=O) groups is 1. The van der Waals surface area contributed by atoms with Gasteiger partial charge >= 0.3 is 0 Å². The van der Waals surface area contributed by atoms with Crippen LogP contribution in [0.4, 0.5) is 23.3 Å². The highest BCUT2D eigenvalue weighted by atomic mass is 16.5. The topological polar surface area (TPSA) is 101 Å². The number of anilines is 4. The molecule has 0 aliphatic carbocycles. The third-order valence-electron chi connectivity index (χ3n) is 4.32. The first-order chi connectivity index (χ1) is 14.6. The maximum atomic E-state index is 11.3. The zero-order chi connectivity index (χ0) is 21.2. The molecule has 3 rings (SSSR count). The van der Waals surface area contributed by atoms with E-state index >= 15 is 0 Å². The second-order valence-corrected chi connectivity index (χ2v) is 6.74. The van der Waals surface area contributed by atoms with Crippen molar-refractivity contribution in [3.05, 3.63) is 66.0 Å². The lowest BCUT2D eigenvalue weighted by Gasteiger charge is -2.13. The van der Waals surface area contributed by atoms with Crippen molar-refractivity contribution < 1.29 is 9.53 Å². The molecule has 0 spiro atoms. The van der Waals surface area contributed by atoms with Crippen LogP contribution in [0.2, 0.25) is 0 Å². The molecule has 0 aliphatic rings. The van der Waals surface area contributed by atoms with Crippen molar-refractivity contribution in [2.24, 2.45) is 0 Å². The van der Waals surface area contributed by atoms with E-state index in [0.29, 0.717) is 31.7 Å². The summed E-state index contributed by atoms with van der Waals surface area (Å²) < 4.78 is 5.68. The van der Waals surface area contributed by atoms with Crippen LogP contribution in [0.15, 0.2) is 54.9 Å². The maximum absolute atomic E-state index is 11.3. The van der Waals surface area contributed by atoms with Gasteiger partial charge in [0.25, 0.3) is 0 Å². The van der Waals surface area contributed by atoms with E-state index in [1.807, 2.05) is 55.5 Å². The summed E-state index contributed by atoms with van der Waals surface area (Å²) in [7, 11) is 0. The summed E-state index contributed by atoms with van der Waals surface area (Å²) in [5.41, 5.74) is 3.62. The Morgan fingerprint density at radius 2 is 1.77 bits per heavy atom. The van der Waals surface area contributed by atoms with Crippen LogP contribution >= 0.6 is 0 Å². The van der Waals surface area contributed by atoms with E-state index < -0.39 is 0 Å². The zero-order valence-electron chi connectivity index (χ0n) is 17.2. The molecule has 156 valence electrons. The van der Waals surface area contributed by atoms with Gasteiger partial charge in [0.15, 0.2) is 0 Å². The van der Waals surface area contributed by atoms with Gasteiger partial charge in [-0.05, 0) is 36.6 Å². The van der Waals surface area contributed by atoms with Crippen molar-refractivity contribution in [2.45, 2.75) is 26.9 Å². The van der Waals surface area contributed by atoms with E-state index in [0.717, 1.165) is 28.9 Å². The molecule has 0 saturated heterocycles. The number of nitrogens with one attached hydrogen (secondary N) is 3. The van der Waals surface area contributed by atoms with E-state index in [1.54, 1.807) is 0 Å². The molecule has 8 heteroatoms. The van der Waals surface area contributed by atoms with Crippen molar-refractivity contribution in [2.75, 3.05) is 29.1 Å². The Bertz CT molecular complexity index is 965. The van der Waals surface area contributed by atoms with Gasteiger partial charge in [-0.3, -0.25) is 4.79 Å². The standard InChI is InChI=1S/C22H26N6O2/c1-16-19(26-17(2)29)10-6-11-20(16)27-22-25-15-24-21(28-22)23-12-7-13-30-14-18-8-4-3-5-9-18/h3-6,8-11,15H,7,12-14H2,1-2H3,(H,26,29)(H2,23,24,25,27,28). The SMILES string of the molecule is CC(=O)Nc1cccc(Nc2ncnc(NCCCOCc3ccccc3)n2)c1C. The average molecular weight is 406 g/mol. The van der Waals surface area contributed by atoms with Crippen LogP contribution in [-0.2, 0) is 16.1 Å². The second kappa shape index (κ2) is 10.9. The van der Waals surface area contributed by atoms with E-state index in [2.05, 4.69) is 30.9 Å². The molecule has 0 aliphatic heterocycles. The van der Waals surface area contributed by atoms with Crippen molar-refractivity contribution in [3.63, 3.8) is 0 Å². The minimum Gasteiger partial charge on any atom is -0.377 e. The van der Waals surface area contributed by atoms with Gasteiger partial charge in [-0.2, -0.15) is 4.98 Å². The molecule has 0 atom stereocenters. The maximum Gasteiger partial charge on any atom is 0.232 e. The molecule has 30 heavy (non-hydrogen) atoms. The van der Waals surface area contributed by atoms with Gasteiger partial charge < -0.3 is 20.7 Å². The minimum atomic E-state index is -0.116. The molecule has 3 N–H and O–H groups in total. The van der Waals surface area contributed by atoms with Crippen LogP contribution in [0.5, 0.6) is 0 Å². The van der Waals surface area contributed by atoms with Crippen LogP contribution < -0.4 is 16.0 Å². The fourth-order valence-corrected chi connectivity index (χ4v) is 2.80. The predicted molar refractivity (Wildman–Crippen MR) is 118 cm³/mol. The molecule has 0 radical (unpaired) electrons. The van der Waals surface area contributed by atoms with Gasteiger partial charge in [-0.1, -0.05) is 36.4 Å². The lowest BCUT2D eigenvalue weighted by atomic mass is 10.1. The highest BCUT2D eigenvalue weighted by molar-refractivity contribution is 5.90. The number of nitrogens with zero attached hydrogens (tertiary/aromatic N) is 3. The lowest BCUT2D eigenvalue weighted by Crippen LogP contribution is -2.10. The van der Waals surface area contributed by atoms with Gasteiger partial charge in [0.2, 0.25) is 17.8 Å². The van der Waals surface area contributed by atoms with E-state index in [4.69, 9.17) is 4.74 Å². The molecule has 1 heterocycles. The van der Waals surface area contributed by atoms with Crippen molar-refractivity contribution in [1.82, 2.24) is 15.0 Å². The highest BCUT2D eigenvalue weighted by Gasteiger charge is 2.07. The van der Waals surface area contributed by atoms with Gasteiger partial charge in [-0.15, -0.1) is 0 Å². The Morgan fingerprint density at radius 3 is 2.57 bits per heavy atom. The third-order valence-corrected chi connectivity index (χ3v) is 4.32. The molecule has 3 aromatic rings. The molecule has 1 aromatic heterocycles. The molecule has 0 bridgehead atoms. The molecule has 2 aromatic carbocycles. The van der Waals surface area contributed by atoms with Gasteiger partial charge in [-0.25, -0.2) is 9.97 Å². The summed E-state index contributed by atoms with van der Waals surface area (Å²) in [6, 6.07) is 15.7. The first-order valence-corrected chi connectivity index (χ1v) is 9.80. The van der Waals surface area contributed by atoms with Crippen molar-refractivity contribution in [1.29, 1.82) is 0 Å². The number of hydrogen-bond donors (Lipinski definition) is 3. The Morgan fingerprint density at radius 1 is 1.00 bits per heavy atom. The molecule has 0 saturated carbocycles. The second-order valence-electron chi connectivity index (χ2n) is 6.74. The third kappa shape index (κ3) is 6.52. The minimum absolute atomic E-state index is 0.116. The van der Waals surface area contributed by atoms with E-state index in [9.17, 15) is 4.79 Å². The summed E-state index contributed by atoms with van der Waals surface area (Å²) >= 11 is 0. The Hall–Kier alpha value is -3.52. The van der Waals surface area contributed by atoms with E-state index in [1.165, 1.54) is 13.3 Å². The van der Waals surface area contributed by atoms with Crippen LogP contribution in [0, 0.1) is 6.92 Å². The zero-order valence-corrected chi connectivity index (χ0v) is 17.2. The first kappa shape index (κ1) is 21.2. The van der Waals surface area contributed by atoms with Crippen LogP contribution in [-0.4, -0.2) is 34.0 Å². The summed E-state index contributed by atoms with van der Waals surface area (Å²) in [6.45, 7) is 5.35. The fraction of sp³-hybridized carbons (Fsp3) is 0.273. The number of rotatable bonds is 10.